The van der Waals surface area contributed by atoms with Crippen molar-refractivity contribution in [1.29, 1.82) is 0 Å². The van der Waals surface area contributed by atoms with E-state index in [0.717, 1.165) is 6.54 Å². The lowest BCUT2D eigenvalue weighted by molar-refractivity contribution is 0.387. The molecule has 0 amide bonds. The molecule has 0 aliphatic carbocycles. The Hall–Kier alpha value is -0.890. The summed E-state index contributed by atoms with van der Waals surface area (Å²) in [4.78, 5) is 4.05. The van der Waals surface area contributed by atoms with Gasteiger partial charge in [-0.15, -0.1) is 0 Å². The van der Waals surface area contributed by atoms with E-state index in [-0.39, 0.29) is 0 Å². The molecule has 84 valence electrons. The van der Waals surface area contributed by atoms with E-state index in [1.165, 1.54) is 5.56 Å². The Kier molecular flexibility index (Phi) is 4.76. The van der Waals surface area contributed by atoms with Gasteiger partial charge in [-0.1, -0.05) is 27.7 Å². The van der Waals surface area contributed by atoms with Gasteiger partial charge in [0.05, 0.1) is 0 Å². The summed E-state index contributed by atoms with van der Waals surface area (Å²) in [7, 11) is 0. The lowest BCUT2D eigenvalue weighted by atomic mass is 9.96. The molecule has 0 spiro atoms. The van der Waals surface area contributed by atoms with E-state index >= 15 is 0 Å². The highest BCUT2D eigenvalue weighted by atomic mass is 14.9. The zero-order valence-corrected chi connectivity index (χ0v) is 10.2. The van der Waals surface area contributed by atoms with Gasteiger partial charge in [0.1, 0.15) is 0 Å². The lowest BCUT2D eigenvalue weighted by Crippen LogP contribution is -2.29. The maximum atomic E-state index is 4.05. The van der Waals surface area contributed by atoms with Gasteiger partial charge in [0.25, 0.3) is 0 Å². The van der Waals surface area contributed by atoms with Crippen LogP contribution in [0, 0.1) is 11.8 Å². The fraction of sp³-hybridized carbons (Fsp3) is 0.615. The first-order valence-electron chi connectivity index (χ1n) is 5.74. The Morgan fingerprint density at radius 1 is 1.13 bits per heavy atom. The molecule has 2 heteroatoms. The van der Waals surface area contributed by atoms with Crippen LogP contribution < -0.4 is 5.32 Å². The number of pyridine rings is 1. The second kappa shape index (κ2) is 5.86. The van der Waals surface area contributed by atoms with Crippen LogP contribution in [0.4, 0.5) is 0 Å². The average molecular weight is 206 g/mol. The number of aromatic nitrogens is 1. The van der Waals surface area contributed by atoms with Gasteiger partial charge in [-0.25, -0.2) is 0 Å². The monoisotopic (exact) mass is 206 g/mol. The largest absolute Gasteiger partial charge is 0.309 e. The molecule has 0 radical (unpaired) electrons. The Balaban J connectivity index is 2.66. The summed E-state index contributed by atoms with van der Waals surface area (Å²) in [5.74, 6) is 1.29. The highest BCUT2D eigenvalue weighted by Crippen LogP contribution is 2.20. The van der Waals surface area contributed by atoms with Crippen LogP contribution >= 0.6 is 0 Å². The van der Waals surface area contributed by atoms with Crippen molar-refractivity contribution in [3.05, 3.63) is 30.1 Å². The molecule has 0 saturated heterocycles. The molecule has 0 bridgehead atoms. The molecule has 1 unspecified atom stereocenters. The average Bonchev–Trinajstić information content (AvgIpc) is 2.18. The predicted octanol–water partition coefficient (Wildman–Crippen LogP) is 3.02. The zero-order chi connectivity index (χ0) is 11.3. The van der Waals surface area contributed by atoms with Crippen molar-refractivity contribution in [2.45, 2.75) is 33.7 Å². The standard InChI is InChI=1S/C13H22N2/c1-10(2)9-15-13(11(3)4)12-5-7-14-8-6-12/h5-8,10-11,13,15H,9H2,1-4H3. The number of nitrogens with one attached hydrogen (secondary N) is 1. The van der Waals surface area contributed by atoms with Gasteiger partial charge >= 0.3 is 0 Å². The van der Waals surface area contributed by atoms with Gasteiger partial charge in [0.2, 0.25) is 0 Å². The fourth-order valence-electron chi connectivity index (χ4n) is 1.67. The second-order valence-electron chi connectivity index (χ2n) is 4.80. The summed E-state index contributed by atoms with van der Waals surface area (Å²) in [6.45, 7) is 10.0. The molecule has 0 aromatic carbocycles. The molecule has 2 nitrogen and oxygen atoms in total. The van der Waals surface area contributed by atoms with E-state index in [0.29, 0.717) is 17.9 Å². The van der Waals surface area contributed by atoms with Crippen LogP contribution in [0.3, 0.4) is 0 Å². The molecule has 1 N–H and O–H groups in total. The first-order valence-corrected chi connectivity index (χ1v) is 5.74. The topological polar surface area (TPSA) is 24.9 Å². The number of hydrogen-bond donors (Lipinski definition) is 1. The Morgan fingerprint density at radius 2 is 1.73 bits per heavy atom. The van der Waals surface area contributed by atoms with E-state index in [1.54, 1.807) is 0 Å². The van der Waals surface area contributed by atoms with Crippen molar-refractivity contribution >= 4 is 0 Å². The summed E-state index contributed by atoms with van der Waals surface area (Å²) in [5, 5.41) is 3.61. The molecule has 15 heavy (non-hydrogen) atoms. The van der Waals surface area contributed by atoms with Crippen molar-refractivity contribution in [3.63, 3.8) is 0 Å². The van der Waals surface area contributed by atoms with E-state index in [9.17, 15) is 0 Å². The number of rotatable bonds is 5. The van der Waals surface area contributed by atoms with Crippen LogP contribution in [-0.2, 0) is 0 Å². The molecule has 1 aromatic heterocycles. The van der Waals surface area contributed by atoms with Gasteiger partial charge in [-0.2, -0.15) is 0 Å². The molecule has 1 aromatic rings. The molecule has 1 atom stereocenters. The molecular formula is C13H22N2. The van der Waals surface area contributed by atoms with Crippen LogP contribution in [0.1, 0.15) is 39.3 Å². The van der Waals surface area contributed by atoms with Crippen molar-refractivity contribution in [2.24, 2.45) is 11.8 Å². The minimum Gasteiger partial charge on any atom is -0.309 e. The normalized spacial score (nSPS) is 13.5. The molecule has 0 aliphatic rings. The maximum absolute atomic E-state index is 4.05. The summed E-state index contributed by atoms with van der Waals surface area (Å²) >= 11 is 0. The lowest BCUT2D eigenvalue weighted by Gasteiger charge is -2.23. The smallest absolute Gasteiger partial charge is 0.0344 e. The summed E-state index contributed by atoms with van der Waals surface area (Å²) in [5.41, 5.74) is 1.33. The van der Waals surface area contributed by atoms with Crippen molar-refractivity contribution in [3.8, 4) is 0 Å². The van der Waals surface area contributed by atoms with Crippen LogP contribution in [0.5, 0.6) is 0 Å². The molecule has 0 fully saturated rings. The Labute approximate surface area is 93.1 Å². The van der Waals surface area contributed by atoms with Gasteiger partial charge < -0.3 is 5.32 Å². The highest BCUT2D eigenvalue weighted by molar-refractivity contribution is 5.15. The summed E-state index contributed by atoms with van der Waals surface area (Å²) < 4.78 is 0. The molecule has 1 rings (SSSR count). The van der Waals surface area contributed by atoms with Crippen molar-refractivity contribution in [2.75, 3.05) is 6.54 Å². The summed E-state index contributed by atoms with van der Waals surface area (Å²) in [6.07, 6.45) is 3.73. The molecule has 0 saturated carbocycles. The minimum absolute atomic E-state index is 0.440. The van der Waals surface area contributed by atoms with Crippen molar-refractivity contribution < 1.29 is 0 Å². The molecule has 1 heterocycles. The zero-order valence-electron chi connectivity index (χ0n) is 10.2. The Bertz CT molecular complexity index is 267. The fourth-order valence-corrected chi connectivity index (χ4v) is 1.67. The second-order valence-corrected chi connectivity index (χ2v) is 4.80. The van der Waals surface area contributed by atoms with Gasteiger partial charge in [-0.3, -0.25) is 4.98 Å². The van der Waals surface area contributed by atoms with E-state index in [1.807, 2.05) is 12.4 Å². The van der Waals surface area contributed by atoms with Gasteiger partial charge in [-0.05, 0) is 36.1 Å². The maximum Gasteiger partial charge on any atom is 0.0344 e. The van der Waals surface area contributed by atoms with Crippen LogP contribution in [-0.4, -0.2) is 11.5 Å². The minimum atomic E-state index is 0.440. The van der Waals surface area contributed by atoms with Crippen LogP contribution in [0.15, 0.2) is 24.5 Å². The molecule has 0 aliphatic heterocycles. The third-order valence-electron chi connectivity index (χ3n) is 2.48. The highest BCUT2D eigenvalue weighted by Gasteiger charge is 2.14. The van der Waals surface area contributed by atoms with E-state index < -0.39 is 0 Å². The first kappa shape index (κ1) is 12.2. The third-order valence-corrected chi connectivity index (χ3v) is 2.48. The third kappa shape index (κ3) is 4.00. The number of hydrogen-bond acceptors (Lipinski definition) is 2. The van der Waals surface area contributed by atoms with Gasteiger partial charge in [0, 0.05) is 18.4 Å². The quantitative estimate of drug-likeness (QED) is 0.801. The van der Waals surface area contributed by atoms with E-state index in [2.05, 4.69) is 50.1 Å². The SMILES string of the molecule is CC(C)CNC(c1ccncc1)C(C)C. The molecular weight excluding hydrogens is 184 g/mol. The van der Waals surface area contributed by atoms with Gasteiger partial charge in [0.15, 0.2) is 0 Å². The number of nitrogens with zero attached hydrogens (tertiary/aromatic N) is 1. The first-order chi connectivity index (χ1) is 7.11. The van der Waals surface area contributed by atoms with Crippen molar-refractivity contribution in [1.82, 2.24) is 10.3 Å². The Morgan fingerprint density at radius 3 is 2.20 bits per heavy atom. The predicted molar refractivity (Wildman–Crippen MR) is 64.7 cm³/mol. The summed E-state index contributed by atoms with van der Waals surface area (Å²) in [6, 6.07) is 4.63. The van der Waals surface area contributed by atoms with E-state index in [4.69, 9.17) is 0 Å². The van der Waals surface area contributed by atoms with Crippen LogP contribution in [0.2, 0.25) is 0 Å². The van der Waals surface area contributed by atoms with Crippen LogP contribution in [0.25, 0.3) is 0 Å².